The van der Waals surface area contributed by atoms with Crippen molar-refractivity contribution in [2.45, 2.75) is 32.0 Å². The van der Waals surface area contributed by atoms with Gasteiger partial charge in [0.25, 0.3) is 0 Å². The van der Waals surface area contributed by atoms with Gasteiger partial charge >= 0.3 is 0 Å². The van der Waals surface area contributed by atoms with Crippen molar-refractivity contribution in [3.05, 3.63) is 48.1 Å². The number of likely N-dealkylation sites (tertiary alicyclic amines) is 1. The number of hydrogen-bond donors (Lipinski definition) is 1. The van der Waals surface area contributed by atoms with E-state index in [0.717, 1.165) is 50.8 Å². The van der Waals surface area contributed by atoms with Crippen molar-refractivity contribution < 1.29 is 13.5 Å². The molecule has 0 bridgehead atoms. The molecular weight excluding hydrogens is 326 g/mol. The second-order valence-corrected chi connectivity index (χ2v) is 6.42. The van der Waals surface area contributed by atoms with Crippen molar-refractivity contribution in [1.82, 2.24) is 14.5 Å². The average molecular weight is 350 g/mol. The Morgan fingerprint density at radius 2 is 2.20 bits per heavy atom. The van der Waals surface area contributed by atoms with E-state index in [1.165, 1.54) is 6.07 Å². The largest absolute Gasteiger partial charge is 0.383 e. The van der Waals surface area contributed by atoms with E-state index in [0.29, 0.717) is 12.3 Å². The van der Waals surface area contributed by atoms with E-state index in [1.54, 1.807) is 13.2 Å². The SMILES string of the molecule is COCCn1cncc1CN1CCC[C@H](Nc2ccc(F)c(F)c2)C1. The van der Waals surface area contributed by atoms with Gasteiger partial charge in [-0.15, -0.1) is 0 Å². The van der Waals surface area contributed by atoms with Gasteiger partial charge < -0.3 is 14.6 Å². The zero-order valence-corrected chi connectivity index (χ0v) is 14.4. The Labute approximate surface area is 146 Å². The minimum atomic E-state index is -0.820. The summed E-state index contributed by atoms with van der Waals surface area (Å²) in [5.41, 5.74) is 1.78. The highest BCUT2D eigenvalue weighted by Crippen LogP contribution is 2.19. The van der Waals surface area contributed by atoms with E-state index in [-0.39, 0.29) is 6.04 Å². The van der Waals surface area contributed by atoms with Gasteiger partial charge in [-0.25, -0.2) is 13.8 Å². The molecule has 7 heteroatoms. The van der Waals surface area contributed by atoms with E-state index in [1.807, 2.05) is 12.5 Å². The van der Waals surface area contributed by atoms with Gasteiger partial charge in [0.1, 0.15) is 0 Å². The molecule has 2 heterocycles. The quantitative estimate of drug-likeness (QED) is 0.834. The number of rotatable bonds is 7. The number of aromatic nitrogens is 2. The molecule has 0 spiro atoms. The van der Waals surface area contributed by atoms with Crippen molar-refractivity contribution in [3.63, 3.8) is 0 Å². The van der Waals surface area contributed by atoms with Gasteiger partial charge in [-0.05, 0) is 31.5 Å². The van der Waals surface area contributed by atoms with Crippen LogP contribution in [-0.2, 0) is 17.8 Å². The highest BCUT2D eigenvalue weighted by molar-refractivity contribution is 5.44. The number of piperidine rings is 1. The average Bonchev–Trinajstić information content (AvgIpc) is 3.04. The summed E-state index contributed by atoms with van der Waals surface area (Å²) in [6.07, 6.45) is 5.79. The first-order valence-corrected chi connectivity index (χ1v) is 8.57. The first-order valence-electron chi connectivity index (χ1n) is 8.57. The first-order chi connectivity index (χ1) is 12.2. The van der Waals surface area contributed by atoms with Crippen LogP contribution in [0.15, 0.2) is 30.7 Å². The summed E-state index contributed by atoms with van der Waals surface area (Å²) in [4.78, 5) is 6.60. The van der Waals surface area contributed by atoms with Gasteiger partial charge in [0.2, 0.25) is 0 Å². The molecule has 0 amide bonds. The number of anilines is 1. The van der Waals surface area contributed by atoms with Crippen LogP contribution in [0.25, 0.3) is 0 Å². The van der Waals surface area contributed by atoms with Crippen LogP contribution in [0.5, 0.6) is 0 Å². The standard InChI is InChI=1S/C18H24F2N4O/c1-25-8-7-24-13-21-10-16(24)12-23-6-2-3-15(11-23)22-14-4-5-17(19)18(20)9-14/h4-5,9-10,13,15,22H,2-3,6-8,11-12H2,1H3/t15-/m0/s1. The van der Waals surface area contributed by atoms with Gasteiger partial charge in [-0.1, -0.05) is 0 Å². The monoisotopic (exact) mass is 350 g/mol. The summed E-state index contributed by atoms with van der Waals surface area (Å²) in [6, 6.07) is 4.17. The van der Waals surface area contributed by atoms with Gasteiger partial charge in [0.15, 0.2) is 11.6 Å². The summed E-state index contributed by atoms with van der Waals surface area (Å²) >= 11 is 0. The molecule has 136 valence electrons. The molecule has 1 aliphatic rings. The van der Waals surface area contributed by atoms with Gasteiger partial charge in [0.05, 0.1) is 18.6 Å². The summed E-state index contributed by atoms with van der Waals surface area (Å²) in [5.74, 6) is -1.64. The molecule has 1 atom stereocenters. The zero-order valence-electron chi connectivity index (χ0n) is 14.4. The van der Waals surface area contributed by atoms with Gasteiger partial charge in [-0.3, -0.25) is 4.90 Å². The normalized spacial score (nSPS) is 18.4. The highest BCUT2D eigenvalue weighted by Gasteiger charge is 2.21. The third kappa shape index (κ3) is 4.76. The number of nitrogens with one attached hydrogen (secondary N) is 1. The Morgan fingerprint density at radius 1 is 1.32 bits per heavy atom. The lowest BCUT2D eigenvalue weighted by molar-refractivity contribution is 0.180. The number of nitrogens with zero attached hydrogens (tertiary/aromatic N) is 3. The van der Waals surface area contributed by atoms with Crippen molar-refractivity contribution in [1.29, 1.82) is 0 Å². The van der Waals surface area contributed by atoms with E-state index >= 15 is 0 Å². The van der Waals surface area contributed by atoms with Crippen LogP contribution in [0.1, 0.15) is 18.5 Å². The van der Waals surface area contributed by atoms with E-state index in [2.05, 4.69) is 19.8 Å². The summed E-state index contributed by atoms with van der Waals surface area (Å²) in [5, 5.41) is 3.32. The van der Waals surface area contributed by atoms with Crippen LogP contribution in [0.2, 0.25) is 0 Å². The van der Waals surface area contributed by atoms with Crippen LogP contribution in [0.4, 0.5) is 14.5 Å². The van der Waals surface area contributed by atoms with E-state index in [4.69, 9.17) is 4.74 Å². The molecule has 1 fully saturated rings. The summed E-state index contributed by atoms with van der Waals surface area (Å²) in [6.45, 7) is 4.14. The molecule has 2 aromatic rings. The third-order valence-corrected chi connectivity index (χ3v) is 4.52. The molecule has 1 N–H and O–H groups in total. The Bertz CT molecular complexity index is 691. The molecule has 3 rings (SSSR count). The molecule has 1 aliphatic heterocycles. The molecular formula is C18H24F2N4O. The lowest BCUT2D eigenvalue weighted by Gasteiger charge is -2.33. The summed E-state index contributed by atoms with van der Waals surface area (Å²) < 4.78 is 33.7. The lowest BCUT2D eigenvalue weighted by atomic mass is 10.0. The Morgan fingerprint density at radius 3 is 3.00 bits per heavy atom. The topological polar surface area (TPSA) is 42.3 Å². The number of ether oxygens (including phenoxy) is 1. The predicted octanol–water partition coefficient (Wildman–Crippen LogP) is 2.88. The van der Waals surface area contributed by atoms with Crippen molar-refractivity contribution in [3.8, 4) is 0 Å². The maximum atomic E-state index is 13.4. The number of methoxy groups -OCH3 is 1. The number of benzene rings is 1. The second kappa shape index (κ2) is 8.40. The van der Waals surface area contributed by atoms with Crippen LogP contribution < -0.4 is 5.32 Å². The van der Waals surface area contributed by atoms with Crippen LogP contribution in [-0.4, -0.2) is 47.3 Å². The zero-order chi connectivity index (χ0) is 17.6. The number of hydrogen-bond acceptors (Lipinski definition) is 4. The maximum Gasteiger partial charge on any atom is 0.160 e. The minimum Gasteiger partial charge on any atom is -0.383 e. The molecule has 0 saturated carbocycles. The van der Waals surface area contributed by atoms with E-state index < -0.39 is 11.6 Å². The molecule has 1 saturated heterocycles. The Kier molecular flexibility index (Phi) is 5.99. The predicted molar refractivity (Wildman–Crippen MR) is 92.4 cm³/mol. The maximum absolute atomic E-state index is 13.4. The smallest absolute Gasteiger partial charge is 0.160 e. The van der Waals surface area contributed by atoms with Gasteiger partial charge in [0, 0.05) is 50.7 Å². The third-order valence-electron chi connectivity index (χ3n) is 4.52. The van der Waals surface area contributed by atoms with Crippen molar-refractivity contribution in [2.24, 2.45) is 0 Å². The molecule has 1 aromatic carbocycles. The molecule has 5 nitrogen and oxygen atoms in total. The second-order valence-electron chi connectivity index (χ2n) is 6.42. The fraction of sp³-hybridized carbons (Fsp3) is 0.500. The minimum absolute atomic E-state index is 0.217. The van der Waals surface area contributed by atoms with Crippen LogP contribution in [0, 0.1) is 11.6 Å². The van der Waals surface area contributed by atoms with Crippen molar-refractivity contribution in [2.75, 3.05) is 32.1 Å². The van der Waals surface area contributed by atoms with Crippen LogP contribution >= 0.6 is 0 Å². The fourth-order valence-electron chi connectivity index (χ4n) is 3.24. The van der Waals surface area contributed by atoms with E-state index in [9.17, 15) is 8.78 Å². The number of halogens is 2. The highest BCUT2D eigenvalue weighted by atomic mass is 19.2. The molecule has 0 unspecified atom stereocenters. The Hall–Kier alpha value is -1.99. The fourth-order valence-corrected chi connectivity index (χ4v) is 3.24. The van der Waals surface area contributed by atoms with Gasteiger partial charge in [-0.2, -0.15) is 0 Å². The molecule has 1 aromatic heterocycles. The lowest BCUT2D eigenvalue weighted by Crippen LogP contribution is -2.42. The molecule has 0 radical (unpaired) electrons. The first kappa shape index (κ1) is 17.8. The number of imidazole rings is 1. The molecule has 25 heavy (non-hydrogen) atoms. The Balaban J connectivity index is 1.57. The van der Waals surface area contributed by atoms with Crippen molar-refractivity contribution >= 4 is 5.69 Å². The summed E-state index contributed by atoms with van der Waals surface area (Å²) in [7, 11) is 1.69. The molecule has 0 aliphatic carbocycles. The van der Waals surface area contributed by atoms with Crippen LogP contribution in [0.3, 0.4) is 0 Å².